The van der Waals surface area contributed by atoms with Gasteiger partial charge in [-0.05, 0) is 55.7 Å². The fraction of sp³-hybridized carbons (Fsp3) is 0.259. The molecule has 6 rings (SSSR count). The summed E-state index contributed by atoms with van der Waals surface area (Å²) in [6.07, 6.45) is 1.61. The Bertz CT molecular complexity index is 1610. The van der Waals surface area contributed by atoms with Crippen molar-refractivity contribution in [1.82, 2.24) is 19.5 Å². The Hall–Kier alpha value is -3.62. The normalized spacial score (nSPS) is 15.4. The van der Waals surface area contributed by atoms with Crippen LogP contribution in [0.4, 0.5) is 5.69 Å². The Morgan fingerprint density at radius 1 is 1.03 bits per heavy atom. The van der Waals surface area contributed by atoms with Crippen LogP contribution in [0.5, 0.6) is 11.9 Å². The third-order valence-corrected chi connectivity index (χ3v) is 7.45. The van der Waals surface area contributed by atoms with E-state index in [1.807, 2.05) is 42.2 Å². The zero-order chi connectivity index (χ0) is 26.2. The van der Waals surface area contributed by atoms with Gasteiger partial charge in [0.05, 0.1) is 36.2 Å². The molecular weight excluding hydrogens is 513 g/mol. The summed E-state index contributed by atoms with van der Waals surface area (Å²) in [5.41, 5.74) is 6.09. The summed E-state index contributed by atoms with van der Waals surface area (Å²) < 4.78 is 12.8. The number of ether oxygens (including phenoxy) is 2. The highest BCUT2D eigenvalue weighted by atomic mass is 35.5. The van der Waals surface area contributed by atoms with Crippen molar-refractivity contribution < 1.29 is 14.3 Å². The predicted octanol–water partition coefficient (Wildman–Crippen LogP) is 6.28. The number of fused-ring (bicyclic) bond motifs is 8. The maximum Gasteiger partial charge on any atom is 0.319 e. The minimum Gasteiger partial charge on any atom is -0.480 e. The van der Waals surface area contributed by atoms with E-state index in [9.17, 15) is 4.79 Å². The Kier molecular flexibility index (Phi) is 5.43. The highest BCUT2D eigenvalue weighted by Crippen LogP contribution is 2.56. The second-order valence-corrected chi connectivity index (χ2v) is 10.2. The summed E-state index contributed by atoms with van der Waals surface area (Å²) in [5.74, 6) is 0.670. The van der Waals surface area contributed by atoms with Gasteiger partial charge in [0.1, 0.15) is 11.9 Å². The van der Waals surface area contributed by atoms with Gasteiger partial charge >= 0.3 is 6.01 Å². The molecule has 8 nitrogen and oxygen atoms in total. The number of imidazole rings is 1. The van der Waals surface area contributed by atoms with Crippen molar-refractivity contribution in [1.29, 1.82) is 0 Å². The number of carbonyl (C=O) groups excluding carboxylic acids is 1. The highest BCUT2D eigenvalue weighted by molar-refractivity contribution is 6.35. The minimum atomic E-state index is -0.409. The molecule has 1 amide bonds. The standard InChI is InChI=1S/C27H23Cl2N5O3/c1-12(2)33-23-20(31-24(33)17-11-30-27(37-5)32-25(17)36-4)26(35)34-21-13(3)6-9-18(29)19(21)16-10-14(28)7-8-15(16)22(23)34/h6-12,22H,1-5H3. The van der Waals surface area contributed by atoms with E-state index in [2.05, 4.69) is 28.4 Å². The molecule has 1 unspecified atom stereocenters. The van der Waals surface area contributed by atoms with Gasteiger partial charge < -0.3 is 14.0 Å². The average Bonchev–Trinajstić information content (AvgIpc) is 3.41. The summed E-state index contributed by atoms with van der Waals surface area (Å²) >= 11 is 13.2. The number of aromatic nitrogens is 4. The summed E-state index contributed by atoms with van der Waals surface area (Å²) in [5, 5.41) is 1.16. The number of nitrogens with zero attached hydrogens (tertiary/aromatic N) is 5. The molecule has 0 aliphatic carbocycles. The highest BCUT2D eigenvalue weighted by Gasteiger charge is 2.49. The van der Waals surface area contributed by atoms with Crippen molar-refractivity contribution in [3.05, 3.63) is 69.1 Å². The fourth-order valence-electron chi connectivity index (χ4n) is 5.43. The lowest BCUT2D eigenvalue weighted by molar-refractivity contribution is 0.0989. The molecule has 0 N–H and O–H groups in total. The molecule has 4 aromatic rings. The number of carbonyl (C=O) groups is 1. The van der Waals surface area contributed by atoms with Crippen LogP contribution in [0.25, 0.3) is 22.5 Å². The van der Waals surface area contributed by atoms with Crippen molar-refractivity contribution in [2.24, 2.45) is 0 Å². The van der Waals surface area contributed by atoms with Gasteiger partial charge in [-0.3, -0.25) is 9.69 Å². The molecule has 10 heteroatoms. The third-order valence-electron chi connectivity index (χ3n) is 6.90. The van der Waals surface area contributed by atoms with Crippen LogP contribution >= 0.6 is 23.2 Å². The Labute approximate surface area is 223 Å². The second-order valence-electron chi connectivity index (χ2n) is 9.31. The number of aryl methyl sites for hydroxylation is 1. The topological polar surface area (TPSA) is 82.4 Å². The SMILES string of the molecule is COc1ncc(-c2nc3c(n2C(C)C)C2c4ccc(Cl)cc4-c4c(Cl)ccc(C)c4N2C3=O)c(OC)n1. The first-order valence-electron chi connectivity index (χ1n) is 11.8. The lowest BCUT2D eigenvalue weighted by atomic mass is 9.86. The van der Waals surface area contributed by atoms with Crippen molar-refractivity contribution in [3.63, 3.8) is 0 Å². The smallest absolute Gasteiger partial charge is 0.319 e. The molecule has 188 valence electrons. The molecule has 0 spiro atoms. The number of methoxy groups -OCH3 is 2. The van der Waals surface area contributed by atoms with Gasteiger partial charge in [-0.25, -0.2) is 9.97 Å². The van der Waals surface area contributed by atoms with Crippen molar-refractivity contribution in [2.45, 2.75) is 32.9 Å². The monoisotopic (exact) mass is 535 g/mol. The quantitative estimate of drug-likeness (QED) is 0.305. The van der Waals surface area contributed by atoms with Crippen molar-refractivity contribution in [3.8, 4) is 34.4 Å². The summed E-state index contributed by atoms with van der Waals surface area (Å²) in [6.45, 7) is 6.08. The molecule has 2 aliphatic rings. The molecule has 2 aromatic carbocycles. The first-order valence-corrected chi connectivity index (χ1v) is 12.5. The van der Waals surface area contributed by atoms with E-state index < -0.39 is 6.04 Å². The van der Waals surface area contributed by atoms with E-state index in [-0.39, 0.29) is 18.0 Å². The van der Waals surface area contributed by atoms with Crippen LogP contribution < -0.4 is 14.4 Å². The molecule has 0 saturated heterocycles. The van der Waals surface area contributed by atoms with E-state index in [0.717, 1.165) is 33.6 Å². The van der Waals surface area contributed by atoms with E-state index in [1.165, 1.54) is 14.2 Å². The number of anilines is 1. The van der Waals surface area contributed by atoms with Gasteiger partial charge in [0.25, 0.3) is 5.91 Å². The average molecular weight is 536 g/mol. The van der Waals surface area contributed by atoms with Crippen LogP contribution in [0.3, 0.4) is 0 Å². The lowest BCUT2D eigenvalue weighted by Crippen LogP contribution is -2.34. The molecule has 0 radical (unpaired) electrons. The molecule has 4 heterocycles. The van der Waals surface area contributed by atoms with E-state index in [1.54, 1.807) is 6.20 Å². The molecule has 2 aromatic heterocycles. The third kappa shape index (κ3) is 3.29. The van der Waals surface area contributed by atoms with Crippen LogP contribution in [0.2, 0.25) is 10.0 Å². The number of hydrogen-bond acceptors (Lipinski definition) is 6. The number of benzene rings is 2. The first-order chi connectivity index (χ1) is 17.8. The van der Waals surface area contributed by atoms with Gasteiger partial charge in [-0.1, -0.05) is 35.3 Å². The number of hydrogen-bond donors (Lipinski definition) is 0. The Balaban J connectivity index is 1.66. The van der Waals surface area contributed by atoms with Crippen molar-refractivity contribution >= 4 is 34.8 Å². The van der Waals surface area contributed by atoms with Gasteiger partial charge in [0.15, 0.2) is 5.69 Å². The van der Waals surface area contributed by atoms with E-state index >= 15 is 0 Å². The van der Waals surface area contributed by atoms with Gasteiger partial charge in [-0.15, -0.1) is 0 Å². The molecule has 1 atom stereocenters. The van der Waals surface area contributed by atoms with Crippen LogP contribution in [0, 0.1) is 6.92 Å². The Morgan fingerprint density at radius 3 is 2.51 bits per heavy atom. The molecular formula is C27H23Cl2N5O3. The maximum absolute atomic E-state index is 14.1. The Morgan fingerprint density at radius 2 is 1.81 bits per heavy atom. The summed E-state index contributed by atoms with van der Waals surface area (Å²) in [7, 11) is 3.02. The second kappa shape index (κ2) is 8.46. The predicted molar refractivity (Wildman–Crippen MR) is 142 cm³/mol. The van der Waals surface area contributed by atoms with Gasteiger partial charge in [-0.2, -0.15) is 4.98 Å². The zero-order valence-electron chi connectivity index (χ0n) is 20.8. The number of halogens is 2. The number of rotatable bonds is 4. The zero-order valence-corrected chi connectivity index (χ0v) is 22.3. The molecule has 0 saturated carbocycles. The largest absolute Gasteiger partial charge is 0.480 e. The lowest BCUT2D eigenvalue weighted by Gasteiger charge is -2.36. The van der Waals surface area contributed by atoms with E-state index in [4.69, 9.17) is 37.7 Å². The van der Waals surface area contributed by atoms with Crippen LogP contribution in [0.1, 0.15) is 53.2 Å². The molecule has 2 aliphatic heterocycles. The molecule has 0 bridgehead atoms. The maximum atomic E-state index is 14.1. The van der Waals surface area contributed by atoms with Crippen LogP contribution in [-0.4, -0.2) is 39.6 Å². The molecule has 0 fully saturated rings. The van der Waals surface area contributed by atoms with Crippen LogP contribution in [0.15, 0.2) is 36.5 Å². The fourth-order valence-corrected chi connectivity index (χ4v) is 5.85. The van der Waals surface area contributed by atoms with Gasteiger partial charge in [0, 0.05) is 22.8 Å². The van der Waals surface area contributed by atoms with Crippen molar-refractivity contribution in [2.75, 3.05) is 19.1 Å². The minimum absolute atomic E-state index is 0.0385. The van der Waals surface area contributed by atoms with Gasteiger partial charge in [0.2, 0.25) is 5.88 Å². The first kappa shape index (κ1) is 23.8. The molecule has 37 heavy (non-hydrogen) atoms. The summed E-state index contributed by atoms with van der Waals surface area (Å²) in [4.78, 5) is 29.4. The van der Waals surface area contributed by atoms with Crippen LogP contribution in [-0.2, 0) is 0 Å². The summed E-state index contributed by atoms with van der Waals surface area (Å²) in [6, 6.07) is 9.24. The number of amides is 1. The van der Waals surface area contributed by atoms with E-state index in [0.29, 0.717) is 33.0 Å².